The zero-order chi connectivity index (χ0) is 8.27. The van der Waals surface area contributed by atoms with E-state index in [1.165, 1.54) is 0 Å². The zero-order valence-corrected chi connectivity index (χ0v) is 7.98. The molecule has 0 amide bonds. The van der Waals surface area contributed by atoms with Gasteiger partial charge in [0.15, 0.2) is 0 Å². The highest BCUT2D eigenvalue weighted by molar-refractivity contribution is 6.30. The minimum absolute atomic E-state index is 0. The summed E-state index contributed by atoms with van der Waals surface area (Å²) in [5.41, 5.74) is 6.42. The molecule has 4 heteroatoms. The van der Waals surface area contributed by atoms with Crippen molar-refractivity contribution in [1.82, 2.24) is 0 Å². The van der Waals surface area contributed by atoms with Gasteiger partial charge in [-0.15, -0.1) is 12.4 Å². The van der Waals surface area contributed by atoms with Crippen LogP contribution in [0.15, 0.2) is 24.3 Å². The molecule has 0 aliphatic heterocycles. The molecule has 2 nitrogen and oxygen atoms in total. The fourth-order valence-corrected chi connectivity index (χ4v) is 1.04. The Kier molecular flexibility index (Phi) is 5.25. The molecule has 0 spiro atoms. The fraction of sp³-hybridized carbons (Fsp3) is 0.250. The molecule has 0 fully saturated rings. The van der Waals surface area contributed by atoms with Crippen LogP contribution in [0.25, 0.3) is 0 Å². The van der Waals surface area contributed by atoms with Gasteiger partial charge in [-0.05, 0) is 17.7 Å². The molecule has 1 aromatic rings. The van der Waals surface area contributed by atoms with Crippen LogP contribution in [-0.4, -0.2) is 11.7 Å². The molecule has 3 N–H and O–H groups in total. The lowest BCUT2D eigenvalue weighted by atomic mass is 10.1. The lowest BCUT2D eigenvalue weighted by Crippen LogP contribution is -2.14. The van der Waals surface area contributed by atoms with Crippen molar-refractivity contribution in [2.75, 3.05) is 6.61 Å². The van der Waals surface area contributed by atoms with Crippen molar-refractivity contribution in [3.05, 3.63) is 34.9 Å². The van der Waals surface area contributed by atoms with E-state index in [9.17, 15) is 0 Å². The predicted octanol–water partition coefficient (Wildman–Crippen LogP) is 1.75. The van der Waals surface area contributed by atoms with E-state index in [4.69, 9.17) is 22.4 Å². The lowest BCUT2D eigenvalue weighted by Gasteiger charge is -2.07. The van der Waals surface area contributed by atoms with Crippen LogP contribution < -0.4 is 5.73 Å². The van der Waals surface area contributed by atoms with Gasteiger partial charge < -0.3 is 10.8 Å². The van der Waals surface area contributed by atoms with E-state index in [0.29, 0.717) is 5.02 Å². The summed E-state index contributed by atoms with van der Waals surface area (Å²) in [5, 5.41) is 9.36. The van der Waals surface area contributed by atoms with Crippen LogP contribution in [0.2, 0.25) is 5.02 Å². The monoisotopic (exact) mass is 207 g/mol. The first kappa shape index (κ1) is 11.7. The highest BCUT2D eigenvalue weighted by atomic mass is 35.5. The maximum absolute atomic E-state index is 8.71. The van der Waals surface area contributed by atoms with Crippen molar-refractivity contribution in [3.63, 3.8) is 0 Å². The molecular formula is C8H11Cl2NO. The summed E-state index contributed by atoms with van der Waals surface area (Å²) in [6.45, 7) is -0.0552. The van der Waals surface area contributed by atoms with Crippen molar-refractivity contribution >= 4 is 24.0 Å². The summed E-state index contributed by atoms with van der Waals surface area (Å²) in [6, 6.07) is 6.85. The SMILES string of the molecule is Cl.N[C@H](CO)c1cccc(Cl)c1. The summed E-state index contributed by atoms with van der Waals surface area (Å²) in [6.07, 6.45) is 0. The minimum Gasteiger partial charge on any atom is -0.394 e. The number of hydrogen-bond acceptors (Lipinski definition) is 2. The van der Waals surface area contributed by atoms with Crippen molar-refractivity contribution in [2.45, 2.75) is 6.04 Å². The molecule has 0 aliphatic rings. The zero-order valence-electron chi connectivity index (χ0n) is 6.40. The Hall–Kier alpha value is -0.280. The van der Waals surface area contributed by atoms with Gasteiger partial charge in [0.25, 0.3) is 0 Å². The van der Waals surface area contributed by atoms with Gasteiger partial charge in [-0.3, -0.25) is 0 Å². The predicted molar refractivity (Wildman–Crippen MR) is 52.7 cm³/mol. The molecule has 0 aliphatic carbocycles. The maximum Gasteiger partial charge on any atom is 0.0624 e. The molecule has 0 radical (unpaired) electrons. The van der Waals surface area contributed by atoms with Crippen molar-refractivity contribution < 1.29 is 5.11 Å². The number of aliphatic hydroxyl groups excluding tert-OH is 1. The molecule has 0 unspecified atom stereocenters. The Labute approximate surface area is 82.8 Å². The first-order valence-corrected chi connectivity index (χ1v) is 3.73. The van der Waals surface area contributed by atoms with E-state index in [1.54, 1.807) is 12.1 Å². The second-order valence-electron chi connectivity index (χ2n) is 2.34. The van der Waals surface area contributed by atoms with E-state index in [-0.39, 0.29) is 25.1 Å². The highest BCUT2D eigenvalue weighted by Gasteiger charge is 2.02. The first-order valence-electron chi connectivity index (χ1n) is 3.36. The Morgan fingerprint density at radius 1 is 1.50 bits per heavy atom. The summed E-state index contributed by atoms with van der Waals surface area (Å²) in [7, 11) is 0. The summed E-state index contributed by atoms with van der Waals surface area (Å²) in [4.78, 5) is 0. The molecule has 0 saturated heterocycles. The van der Waals surface area contributed by atoms with Crippen LogP contribution in [0, 0.1) is 0 Å². The third-order valence-electron chi connectivity index (χ3n) is 1.47. The van der Waals surface area contributed by atoms with Crippen LogP contribution in [0.3, 0.4) is 0 Å². The van der Waals surface area contributed by atoms with Crippen LogP contribution in [0.5, 0.6) is 0 Å². The molecule has 0 bridgehead atoms. The van der Waals surface area contributed by atoms with Gasteiger partial charge in [0.1, 0.15) is 0 Å². The Balaban J connectivity index is 0.00000121. The van der Waals surface area contributed by atoms with Crippen LogP contribution >= 0.6 is 24.0 Å². The second kappa shape index (κ2) is 5.38. The average Bonchev–Trinajstić information content (AvgIpc) is 2.03. The van der Waals surface area contributed by atoms with Gasteiger partial charge in [-0.2, -0.15) is 0 Å². The topological polar surface area (TPSA) is 46.2 Å². The van der Waals surface area contributed by atoms with E-state index in [0.717, 1.165) is 5.56 Å². The Morgan fingerprint density at radius 2 is 2.17 bits per heavy atom. The van der Waals surface area contributed by atoms with E-state index in [2.05, 4.69) is 0 Å². The summed E-state index contributed by atoms with van der Waals surface area (Å²) < 4.78 is 0. The van der Waals surface area contributed by atoms with Gasteiger partial charge in [0, 0.05) is 5.02 Å². The van der Waals surface area contributed by atoms with Crippen molar-refractivity contribution in [2.24, 2.45) is 5.73 Å². The number of aliphatic hydroxyl groups is 1. The second-order valence-corrected chi connectivity index (χ2v) is 2.78. The lowest BCUT2D eigenvalue weighted by molar-refractivity contribution is 0.268. The number of halogens is 2. The summed E-state index contributed by atoms with van der Waals surface area (Å²) in [5.74, 6) is 0. The van der Waals surface area contributed by atoms with E-state index in [1.807, 2.05) is 12.1 Å². The van der Waals surface area contributed by atoms with Gasteiger partial charge in [-0.1, -0.05) is 23.7 Å². The average molecular weight is 208 g/mol. The van der Waals surface area contributed by atoms with Gasteiger partial charge >= 0.3 is 0 Å². The molecule has 1 rings (SSSR count). The number of rotatable bonds is 2. The van der Waals surface area contributed by atoms with Crippen LogP contribution in [-0.2, 0) is 0 Å². The van der Waals surface area contributed by atoms with E-state index >= 15 is 0 Å². The molecule has 1 aromatic carbocycles. The van der Waals surface area contributed by atoms with Gasteiger partial charge in [0.2, 0.25) is 0 Å². The third-order valence-corrected chi connectivity index (χ3v) is 1.71. The van der Waals surface area contributed by atoms with Gasteiger partial charge in [0.05, 0.1) is 12.6 Å². The third kappa shape index (κ3) is 2.99. The normalized spacial score (nSPS) is 11.9. The highest BCUT2D eigenvalue weighted by Crippen LogP contribution is 2.15. The standard InChI is InChI=1S/C8H10ClNO.ClH/c9-7-3-1-2-6(4-7)8(10)5-11;/h1-4,8,11H,5,10H2;1H/t8-;/m1./s1. The van der Waals surface area contributed by atoms with Gasteiger partial charge in [-0.25, -0.2) is 0 Å². The molecule has 68 valence electrons. The van der Waals surface area contributed by atoms with Crippen molar-refractivity contribution in [3.8, 4) is 0 Å². The summed E-state index contributed by atoms with van der Waals surface area (Å²) >= 11 is 5.71. The largest absolute Gasteiger partial charge is 0.394 e. The molecular weight excluding hydrogens is 197 g/mol. The minimum atomic E-state index is -0.325. The van der Waals surface area contributed by atoms with Crippen LogP contribution in [0.4, 0.5) is 0 Å². The molecule has 0 heterocycles. The first-order chi connectivity index (χ1) is 5.24. The molecule has 0 saturated carbocycles. The number of hydrogen-bond donors (Lipinski definition) is 2. The number of nitrogens with two attached hydrogens (primary N) is 1. The fourth-order valence-electron chi connectivity index (χ4n) is 0.843. The molecule has 12 heavy (non-hydrogen) atoms. The van der Waals surface area contributed by atoms with E-state index < -0.39 is 0 Å². The molecule has 1 atom stereocenters. The van der Waals surface area contributed by atoms with Crippen molar-refractivity contribution in [1.29, 1.82) is 0 Å². The van der Waals surface area contributed by atoms with Crippen LogP contribution in [0.1, 0.15) is 11.6 Å². The number of benzene rings is 1. The Morgan fingerprint density at radius 3 is 2.67 bits per heavy atom. The molecule has 0 aromatic heterocycles. The Bertz CT molecular complexity index is 242. The quantitative estimate of drug-likeness (QED) is 0.777. The smallest absolute Gasteiger partial charge is 0.0624 e. The maximum atomic E-state index is 8.71.